The second kappa shape index (κ2) is 5.09. The Bertz CT molecular complexity index is 891. The van der Waals surface area contributed by atoms with Crippen LogP contribution in [0.1, 0.15) is 0 Å². The first-order chi connectivity index (χ1) is 11.3. The Balaban J connectivity index is 1.94. The summed E-state index contributed by atoms with van der Waals surface area (Å²) in [5.41, 5.74) is 2.13. The second-order valence-corrected chi connectivity index (χ2v) is 5.02. The highest BCUT2D eigenvalue weighted by molar-refractivity contribution is 6.13. The van der Waals surface area contributed by atoms with E-state index in [1.807, 2.05) is 53.4 Å². The molecule has 0 radical (unpaired) electrons. The standard InChI is InChI=1S/C18H10N2O3/c21-11-12-9-13(10-19-18(12)22)20-14-5-1-3-7-16(14)23-17-8-4-2-6-15(17)20/h1-10H. The van der Waals surface area contributed by atoms with E-state index in [2.05, 4.69) is 4.99 Å². The van der Waals surface area contributed by atoms with E-state index >= 15 is 0 Å². The molecule has 4 rings (SSSR count). The number of anilines is 2. The van der Waals surface area contributed by atoms with Crippen LogP contribution in [0.15, 0.2) is 70.9 Å². The molecule has 0 saturated heterocycles. The van der Waals surface area contributed by atoms with Gasteiger partial charge in [0.15, 0.2) is 11.5 Å². The fourth-order valence-corrected chi connectivity index (χ4v) is 2.62. The molecule has 5 heteroatoms. The summed E-state index contributed by atoms with van der Waals surface area (Å²) in [5.74, 6) is 2.43. The maximum atomic E-state index is 11.6. The molecule has 2 aromatic carbocycles. The average Bonchev–Trinajstić information content (AvgIpc) is 2.60. The smallest absolute Gasteiger partial charge is 0.288 e. The van der Waals surface area contributed by atoms with E-state index in [1.165, 1.54) is 12.3 Å². The van der Waals surface area contributed by atoms with E-state index in [9.17, 15) is 9.59 Å². The van der Waals surface area contributed by atoms with Crippen LogP contribution in [0.2, 0.25) is 0 Å². The molecule has 0 bridgehead atoms. The maximum Gasteiger partial charge on any atom is 0.288 e. The maximum absolute atomic E-state index is 11.6. The van der Waals surface area contributed by atoms with Gasteiger partial charge in [-0.1, -0.05) is 24.3 Å². The first-order valence-electron chi connectivity index (χ1n) is 6.99. The summed E-state index contributed by atoms with van der Waals surface area (Å²) in [7, 11) is 0. The van der Waals surface area contributed by atoms with Crippen molar-refractivity contribution < 1.29 is 14.3 Å². The van der Waals surface area contributed by atoms with Crippen LogP contribution in [0, 0.1) is 0 Å². The van der Waals surface area contributed by atoms with Crippen molar-refractivity contribution in [3.8, 4) is 11.5 Å². The summed E-state index contributed by atoms with van der Waals surface area (Å²) in [6.45, 7) is 0. The topological polar surface area (TPSA) is 59.0 Å². The van der Waals surface area contributed by atoms with Crippen LogP contribution in [0.3, 0.4) is 0 Å². The van der Waals surface area contributed by atoms with Crippen molar-refractivity contribution in [3.05, 3.63) is 65.9 Å². The first kappa shape index (κ1) is 13.2. The van der Waals surface area contributed by atoms with E-state index in [1.54, 1.807) is 5.94 Å². The molecule has 0 saturated carbocycles. The highest BCUT2D eigenvalue weighted by Crippen LogP contribution is 2.48. The largest absolute Gasteiger partial charge is 0.453 e. The number of fused-ring (bicyclic) bond motifs is 2. The molecule has 0 fully saturated rings. The van der Waals surface area contributed by atoms with Crippen LogP contribution in [0.25, 0.3) is 0 Å². The minimum absolute atomic E-state index is 0.0936. The van der Waals surface area contributed by atoms with Crippen molar-refractivity contribution in [2.75, 3.05) is 4.90 Å². The lowest BCUT2D eigenvalue weighted by molar-refractivity contribution is -0.113. The van der Waals surface area contributed by atoms with Crippen LogP contribution in [-0.4, -0.2) is 18.1 Å². The summed E-state index contributed by atoms with van der Waals surface area (Å²) >= 11 is 0. The molecule has 2 aromatic rings. The molecule has 0 aliphatic carbocycles. The zero-order valence-corrected chi connectivity index (χ0v) is 11.9. The van der Waals surface area contributed by atoms with Gasteiger partial charge in [-0.25, -0.2) is 9.79 Å². The predicted molar refractivity (Wildman–Crippen MR) is 85.9 cm³/mol. The summed E-state index contributed by atoms with van der Waals surface area (Å²) in [6, 6.07) is 15.1. The molecule has 2 aliphatic heterocycles. The number of allylic oxidation sites excluding steroid dienone is 1. The quantitative estimate of drug-likeness (QED) is 0.599. The molecule has 5 nitrogen and oxygen atoms in total. The van der Waals surface area contributed by atoms with Crippen LogP contribution >= 0.6 is 0 Å². The monoisotopic (exact) mass is 302 g/mol. The minimum atomic E-state index is -0.585. The van der Waals surface area contributed by atoms with E-state index in [-0.39, 0.29) is 5.57 Å². The Kier molecular flexibility index (Phi) is 2.93. The van der Waals surface area contributed by atoms with Gasteiger partial charge in [-0.15, -0.1) is 0 Å². The Hall–Kier alpha value is -3.43. The molecule has 2 aliphatic rings. The highest BCUT2D eigenvalue weighted by Gasteiger charge is 2.28. The summed E-state index contributed by atoms with van der Waals surface area (Å²) in [4.78, 5) is 28.2. The number of amides is 1. The van der Waals surface area contributed by atoms with Crippen LogP contribution in [0.4, 0.5) is 11.4 Å². The van der Waals surface area contributed by atoms with Crippen molar-refractivity contribution in [3.63, 3.8) is 0 Å². The number of nitrogens with zero attached hydrogens (tertiary/aromatic N) is 2. The van der Waals surface area contributed by atoms with Gasteiger partial charge in [0.25, 0.3) is 5.91 Å². The van der Waals surface area contributed by atoms with E-state index in [4.69, 9.17) is 4.74 Å². The number of ether oxygens (including phenoxy) is 1. The van der Waals surface area contributed by atoms with Crippen LogP contribution in [0.5, 0.6) is 11.5 Å². The molecular weight excluding hydrogens is 292 g/mol. The Morgan fingerprint density at radius 1 is 0.957 bits per heavy atom. The Morgan fingerprint density at radius 2 is 1.57 bits per heavy atom. The van der Waals surface area contributed by atoms with Crippen LogP contribution in [-0.2, 0) is 9.59 Å². The molecule has 0 N–H and O–H groups in total. The van der Waals surface area contributed by atoms with E-state index < -0.39 is 5.91 Å². The SMILES string of the molecule is O=C=C1C=C(N2c3ccccc3Oc3ccccc32)C=NC1=O. The lowest BCUT2D eigenvalue weighted by Crippen LogP contribution is -2.24. The predicted octanol–water partition coefficient (Wildman–Crippen LogP) is 3.18. The summed E-state index contributed by atoms with van der Waals surface area (Å²) in [6.07, 6.45) is 2.93. The second-order valence-electron chi connectivity index (χ2n) is 5.02. The summed E-state index contributed by atoms with van der Waals surface area (Å²) in [5, 5.41) is 0. The van der Waals surface area contributed by atoms with Gasteiger partial charge in [-0.3, -0.25) is 4.79 Å². The first-order valence-corrected chi connectivity index (χ1v) is 6.99. The fourth-order valence-electron chi connectivity index (χ4n) is 2.62. The molecule has 0 atom stereocenters. The number of aliphatic imine (C=N–C) groups is 1. The van der Waals surface area contributed by atoms with E-state index in [0.29, 0.717) is 17.2 Å². The number of hydrogen-bond acceptors (Lipinski definition) is 4. The van der Waals surface area contributed by atoms with Gasteiger partial charge in [0.2, 0.25) is 0 Å². The van der Waals surface area contributed by atoms with Gasteiger partial charge in [0.05, 0.1) is 23.3 Å². The van der Waals surface area contributed by atoms with E-state index in [0.717, 1.165) is 11.4 Å². The number of rotatable bonds is 1. The zero-order chi connectivity index (χ0) is 15.8. The lowest BCUT2D eigenvalue weighted by Gasteiger charge is -2.33. The lowest BCUT2D eigenvalue weighted by atomic mass is 10.1. The number of carbonyl (C=O) groups is 1. The van der Waals surface area contributed by atoms with Crippen molar-refractivity contribution >= 4 is 29.4 Å². The van der Waals surface area contributed by atoms with Crippen molar-refractivity contribution in [1.82, 2.24) is 0 Å². The third kappa shape index (κ3) is 2.08. The van der Waals surface area contributed by atoms with Gasteiger partial charge < -0.3 is 9.64 Å². The fraction of sp³-hybridized carbons (Fsp3) is 0. The van der Waals surface area contributed by atoms with Crippen molar-refractivity contribution in [1.29, 1.82) is 0 Å². The number of carbonyl (C=O) groups excluding carboxylic acids is 2. The molecular formula is C18H10N2O3. The Labute approximate surface area is 131 Å². The van der Waals surface area contributed by atoms with Gasteiger partial charge in [0, 0.05) is 0 Å². The zero-order valence-electron chi connectivity index (χ0n) is 11.9. The minimum Gasteiger partial charge on any atom is -0.453 e. The summed E-state index contributed by atoms with van der Waals surface area (Å²) < 4.78 is 5.91. The highest BCUT2D eigenvalue weighted by atomic mass is 16.5. The van der Waals surface area contributed by atoms with Crippen molar-refractivity contribution in [2.24, 2.45) is 4.99 Å². The van der Waals surface area contributed by atoms with Crippen LogP contribution < -0.4 is 9.64 Å². The average molecular weight is 302 g/mol. The molecule has 1 amide bonds. The number of para-hydroxylation sites is 4. The molecule has 110 valence electrons. The number of benzene rings is 2. The van der Waals surface area contributed by atoms with Crippen molar-refractivity contribution in [2.45, 2.75) is 0 Å². The number of hydrogen-bond donors (Lipinski definition) is 0. The molecule has 2 heterocycles. The van der Waals surface area contributed by atoms with Gasteiger partial charge >= 0.3 is 0 Å². The van der Waals surface area contributed by atoms with Gasteiger partial charge in [0.1, 0.15) is 11.5 Å². The normalized spacial score (nSPS) is 15.3. The third-order valence-corrected chi connectivity index (χ3v) is 3.64. The third-order valence-electron chi connectivity index (χ3n) is 3.64. The molecule has 0 spiro atoms. The number of dihydropyridines is 1. The molecule has 23 heavy (non-hydrogen) atoms. The molecule has 0 aromatic heterocycles. The van der Waals surface area contributed by atoms with Gasteiger partial charge in [-0.05, 0) is 30.3 Å². The molecule has 0 unspecified atom stereocenters. The van der Waals surface area contributed by atoms with Gasteiger partial charge in [-0.2, -0.15) is 0 Å². The Morgan fingerprint density at radius 3 is 2.17 bits per heavy atom.